The van der Waals surface area contributed by atoms with E-state index in [-0.39, 0.29) is 5.91 Å². The Morgan fingerprint density at radius 2 is 1.91 bits per heavy atom. The number of aryl methyl sites for hydroxylation is 2. The zero-order valence-corrected chi connectivity index (χ0v) is 19.1. The zero-order valence-electron chi connectivity index (χ0n) is 18.3. The van der Waals surface area contributed by atoms with E-state index in [4.69, 9.17) is 16.3 Å². The van der Waals surface area contributed by atoms with Crippen LogP contribution in [0.1, 0.15) is 21.5 Å². The third kappa shape index (κ3) is 3.97. The number of anilines is 1. The van der Waals surface area contributed by atoms with Crippen molar-refractivity contribution in [1.82, 2.24) is 14.5 Å². The minimum atomic E-state index is -0.156. The van der Waals surface area contributed by atoms with Crippen LogP contribution >= 0.6 is 11.6 Å². The van der Waals surface area contributed by atoms with Gasteiger partial charge in [-0.2, -0.15) is 0 Å². The van der Waals surface area contributed by atoms with Gasteiger partial charge >= 0.3 is 0 Å². The molecule has 4 rings (SSSR count). The van der Waals surface area contributed by atoms with E-state index in [2.05, 4.69) is 9.97 Å². The Balaban J connectivity index is 1.71. The predicted octanol–water partition coefficient (Wildman–Crippen LogP) is 5.49. The molecule has 0 saturated carbocycles. The molecule has 0 aliphatic heterocycles. The molecule has 0 atom stereocenters. The van der Waals surface area contributed by atoms with Crippen LogP contribution in [-0.2, 0) is 0 Å². The van der Waals surface area contributed by atoms with Crippen LogP contribution in [-0.4, -0.2) is 34.6 Å². The fourth-order valence-corrected chi connectivity index (χ4v) is 3.96. The number of methoxy groups -OCH3 is 1. The van der Waals surface area contributed by atoms with Crippen molar-refractivity contribution >= 4 is 23.2 Å². The van der Waals surface area contributed by atoms with Gasteiger partial charge in [-0.05, 0) is 55.3 Å². The normalized spacial score (nSPS) is 10.8. The standard InChI is InChI=1S/C25H23ClN4O2/c1-16-6-5-7-22(32-4)24(16)29(3)25(31)18-8-9-21(26)19(13-18)20-14-28-23(12-17(20)2)30-11-10-27-15-30/h5-15H,1-4H3. The number of nitrogens with zero attached hydrogens (tertiary/aromatic N) is 4. The molecule has 0 aliphatic rings. The summed E-state index contributed by atoms with van der Waals surface area (Å²) in [7, 11) is 3.34. The number of rotatable bonds is 5. The molecule has 0 unspecified atom stereocenters. The maximum absolute atomic E-state index is 13.4. The fourth-order valence-electron chi connectivity index (χ4n) is 3.75. The first-order valence-electron chi connectivity index (χ1n) is 10.1. The number of pyridine rings is 1. The van der Waals surface area contributed by atoms with Crippen LogP contribution < -0.4 is 9.64 Å². The lowest BCUT2D eigenvalue weighted by atomic mass is 10.00. The van der Waals surface area contributed by atoms with E-state index < -0.39 is 0 Å². The molecule has 0 fully saturated rings. The van der Waals surface area contributed by atoms with Gasteiger partial charge in [0, 0.05) is 47.4 Å². The SMILES string of the molecule is COc1cccc(C)c1N(C)C(=O)c1ccc(Cl)c(-c2cnc(-n3ccnc3)cc2C)c1. The summed E-state index contributed by atoms with van der Waals surface area (Å²) in [4.78, 5) is 23.6. The summed E-state index contributed by atoms with van der Waals surface area (Å²) in [6.45, 7) is 3.94. The Kier molecular flexibility index (Phi) is 5.97. The quantitative estimate of drug-likeness (QED) is 0.406. The Morgan fingerprint density at radius 3 is 2.59 bits per heavy atom. The number of ether oxygens (including phenoxy) is 1. The average molecular weight is 447 g/mol. The van der Waals surface area contributed by atoms with Crippen LogP contribution in [0.15, 0.2) is 67.4 Å². The second-order valence-electron chi connectivity index (χ2n) is 7.51. The Hall–Kier alpha value is -3.64. The number of hydrogen-bond acceptors (Lipinski definition) is 4. The molecular weight excluding hydrogens is 424 g/mol. The number of hydrogen-bond donors (Lipinski definition) is 0. The molecule has 2 aromatic heterocycles. The second kappa shape index (κ2) is 8.85. The molecule has 0 N–H and O–H groups in total. The van der Waals surface area contributed by atoms with Crippen LogP contribution in [0.5, 0.6) is 5.75 Å². The summed E-state index contributed by atoms with van der Waals surface area (Å²) in [5.74, 6) is 1.25. The van der Waals surface area contributed by atoms with E-state index in [0.29, 0.717) is 16.3 Å². The van der Waals surface area contributed by atoms with Gasteiger partial charge in [-0.3, -0.25) is 9.36 Å². The minimum Gasteiger partial charge on any atom is -0.495 e. The highest BCUT2D eigenvalue weighted by molar-refractivity contribution is 6.33. The first kappa shape index (κ1) is 21.6. The molecule has 7 heteroatoms. The number of carbonyl (C=O) groups is 1. The van der Waals surface area contributed by atoms with Crippen molar-refractivity contribution in [2.24, 2.45) is 0 Å². The summed E-state index contributed by atoms with van der Waals surface area (Å²) in [6, 6.07) is 13.0. The van der Waals surface area contributed by atoms with E-state index in [1.54, 1.807) is 49.9 Å². The van der Waals surface area contributed by atoms with Gasteiger partial charge in [0.2, 0.25) is 0 Å². The maximum atomic E-state index is 13.4. The predicted molar refractivity (Wildman–Crippen MR) is 127 cm³/mol. The Bertz CT molecular complexity index is 1290. The van der Waals surface area contributed by atoms with Gasteiger partial charge in [-0.15, -0.1) is 0 Å². The molecule has 32 heavy (non-hydrogen) atoms. The number of aromatic nitrogens is 3. The topological polar surface area (TPSA) is 60.2 Å². The van der Waals surface area contributed by atoms with Gasteiger partial charge in [-0.1, -0.05) is 23.7 Å². The molecule has 162 valence electrons. The monoisotopic (exact) mass is 446 g/mol. The van der Waals surface area contributed by atoms with Crippen molar-refractivity contribution in [1.29, 1.82) is 0 Å². The van der Waals surface area contributed by atoms with Crippen LogP contribution in [0, 0.1) is 13.8 Å². The summed E-state index contributed by atoms with van der Waals surface area (Å²) < 4.78 is 7.31. The number of benzene rings is 2. The Morgan fingerprint density at radius 1 is 1.09 bits per heavy atom. The molecule has 2 heterocycles. The van der Waals surface area contributed by atoms with Crippen molar-refractivity contribution in [2.45, 2.75) is 13.8 Å². The summed E-state index contributed by atoms with van der Waals surface area (Å²) >= 11 is 6.53. The summed E-state index contributed by atoms with van der Waals surface area (Å²) in [5.41, 5.74) is 4.82. The lowest BCUT2D eigenvalue weighted by molar-refractivity contribution is 0.0992. The highest BCUT2D eigenvalue weighted by Gasteiger charge is 2.20. The van der Waals surface area contributed by atoms with E-state index in [1.807, 2.05) is 54.9 Å². The zero-order chi connectivity index (χ0) is 22.8. The number of amides is 1. The number of imidazole rings is 1. The lowest BCUT2D eigenvalue weighted by Gasteiger charge is -2.22. The largest absolute Gasteiger partial charge is 0.495 e. The van der Waals surface area contributed by atoms with E-state index >= 15 is 0 Å². The van der Waals surface area contributed by atoms with Crippen molar-refractivity contribution in [3.63, 3.8) is 0 Å². The smallest absolute Gasteiger partial charge is 0.258 e. The molecule has 0 bridgehead atoms. The van der Waals surface area contributed by atoms with E-state index in [0.717, 1.165) is 33.8 Å². The third-order valence-corrected chi connectivity index (χ3v) is 5.76. The van der Waals surface area contributed by atoms with Crippen LogP contribution in [0.25, 0.3) is 16.9 Å². The number of halogens is 1. The first-order valence-corrected chi connectivity index (χ1v) is 10.4. The summed E-state index contributed by atoms with van der Waals surface area (Å²) in [6.07, 6.45) is 7.01. The van der Waals surface area contributed by atoms with Gasteiger partial charge in [-0.25, -0.2) is 9.97 Å². The highest BCUT2D eigenvalue weighted by atomic mass is 35.5. The molecule has 2 aromatic carbocycles. The molecule has 0 spiro atoms. The Labute approximate surface area is 192 Å². The van der Waals surface area contributed by atoms with Crippen LogP contribution in [0.4, 0.5) is 5.69 Å². The van der Waals surface area contributed by atoms with Crippen LogP contribution in [0.2, 0.25) is 5.02 Å². The van der Waals surface area contributed by atoms with Gasteiger partial charge < -0.3 is 9.64 Å². The molecule has 0 saturated heterocycles. The molecule has 4 aromatic rings. The van der Waals surface area contributed by atoms with Gasteiger partial charge in [0.15, 0.2) is 0 Å². The summed E-state index contributed by atoms with van der Waals surface area (Å²) in [5, 5.41) is 0.554. The maximum Gasteiger partial charge on any atom is 0.258 e. The molecule has 0 aliphatic carbocycles. The molecular formula is C25H23ClN4O2. The molecule has 6 nitrogen and oxygen atoms in total. The second-order valence-corrected chi connectivity index (χ2v) is 7.92. The van der Waals surface area contributed by atoms with Crippen molar-refractivity contribution in [3.8, 4) is 22.7 Å². The van der Waals surface area contributed by atoms with Gasteiger partial charge in [0.25, 0.3) is 5.91 Å². The highest BCUT2D eigenvalue weighted by Crippen LogP contribution is 2.34. The van der Waals surface area contributed by atoms with E-state index in [9.17, 15) is 4.79 Å². The van der Waals surface area contributed by atoms with Gasteiger partial charge in [0.1, 0.15) is 17.9 Å². The van der Waals surface area contributed by atoms with Crippen molar-refractivity contribution < 1.29 is 9.53 Å². The first-order chi connectivity index (χ1) is 15.4. The number of carbonyl (C=O) groups excluding carboxylic acids is 1. The molecule has 1 amide bonds. The third-order valence-electron chi connectivity index (χ3n) is 5.43. The fraction of sp³-hybridized carbons (Fsp3) is 0.160. The average Bonchev–Trinajstić information content (AvgIpc) is 3.33. The van der Waals surface area contributed by atoms with Crippen molar-refractivity contribution in [3.05, 3.63) is 89.1 Å². The van der Waals surface area contributed by atoms with E-state index in [1.165, 1.54) is 0 Å². The van der Waals surface area contributed by atoms with Gasteiger partial charge in [0.05, 0.1) is 12.8 Å². The number of para-hydroxylation sites is 1. The van der Waals surface area contributed by atoms with Crippen LogP contribution in [0.3, 0.4) is 0 Å². The molecule has 0 radical (unpaired) electrons. The lowest BCUT2D eigenvalue weighted by Crippen LogP contribution is -2.27. The minimum absolute atomic E-state index is 0.156. The van der Waals surface area contributed by atoms with Crippen molar-refractivity contribution in [2.75, 3.05) is 19.1 Å².